The van der Waals surface area contributed by atoms with E-state index in [2.05, 4.69) is 4.74 Å². The highest BCUT2D eigenvalue weighted by Crippen LogP contribution is 2.35. The molecule has 2 aromatic rings. The molecule has 8 heteroatoms. The Morgan fingerprint density at radius 3 is 2.30 bits per heavy atom. The molecule has 0 N–H and O–H groups in total. The first kappa shape index (κ1) is 15.0. The Morgan fingerprint density at radius 2 is 1.61 bits per heavy atom. The van der Waals surface area contributed by atoms with Gasteiger partial charge in [-0.25, -0.2) is 4.79 Å². The molecule has 0 saturated carbocycles. The van der Waals surface area contributed by atoms with Gasteiger partial charge in [0.15, 0.2) is 11.5 Å². The number of carbonyl (C=O) groups excluding carboxylic acids is 1. The Morgan fingerprint density at radius 1 is 0.957 bits per heavy atom. The third-order valence-electron chi connectivity index (χ3n) is 2.88. The van der Waals surface area contributed by atoms with Crippen LogP contribution < -0.4 is 18.9 Å². The fourth-order valence-electron chi connectivity index (χ4n) is 1.90. The first-order valence-corrected chi connectivity index (χ1v) is 6.38. The van der Waals surface area contributed by atoms with Gasteiger partial charge in [-0.2, -0.15) is 0 Å². The zero-order valence-electron chi connectivity index (χ0n) is 11.4. The molecule has 1 aliphatic rings. The van der Waals surface area contributed by atoms with Crippen molar-refractivity contribution in [2.24, 2.45) is 0 Å². The number of esters is 1. The molecule has 0 unspecified atom stereocenters. The number of halogens is 3. The van der Waals surface area contributed by atoms with Crippen LogP contribution in [-0.2, 0) is 0 Å². The topological polar surface area (TPSA) is 54.0 Å². The maximum atomic E-state index is 12.1. The molecular weight excluding hydrogens is 317 g/mol. The van der Waals surface area contributed by atoms with Crippen molar-refractivity contribution in [3.05, 3.63) is 48.0 Å². The summed E-state index contributed by atoms with van der Waals surface area (Å²) in [5, 5.41) is 0. The summed E-state index contributed by atoms with van der Waals surface area (Å²) < 4.78 is 55.3. The number of hydrogen-bond donors (Lipinski definition) is 0. The molecule has 0 radical (unpaired) electrons. The molecule has 0 amide bonds. The lowest BCUT2D eigenvalue weighted by Crippen LogP contribution is -2.17. The molecule has 0 atom stereocenters. The highest BCUT2D eigenvalue weighted by molar-refractivity contribution is 5.91. The molecular formula is C15H9F3O5. The summed E-state index contributed by atoms with van der Waals surface area (Å²) in [5.41, 5.74) is 0.0807. The van der Waals surface area contributed by atoms with E-state index in [1.54, 1.807) is 6.07 Å². The summed E-state index contributed by atoms with van der Waals surface area (Å²) in [7, 11) is 0. The van der Waals surface area contributed by atoms with Gasteiger partial charge in [0.05, 0.1) is 5.56 Å². The maximum absolute atomic E-state index is 12.1. The third-order valence-corrected chi connectivity index (χ3v) is 2.88. The summed E-state index contributed by atoms with van der Waals surface area (Å²) in [5.74, 6) is 0.0806. The summed E-state index contributed by atoms with van der Waals surface area (Å²) in [4.78, 5) is 12.0. The SMILES string of the molecule is O=C(Oc1ccc2c(c1)OCO2)c1ccc(OC(F)(F)F)cc1. The van der Waals surface area contributed by atoms with Gasteiger partial charge in [-0.1, -0.05) is 0 Å². The van der Waals surface area contributed by atoms with E-state index < -0.39 is 18.1 Å². The zero-order valence-corrected chi connectivity index (χ0v) is 11.4. The van der Waals surface area contributed by atoms with E-state index in [0.29, 0.717) is 11.5 Å². The lowest BCUT2D eigenvalue weighted by molar-refractivity contribution is -0.274. The van der Waals surface area contributed by atoms with Crippen LogP contribution in [0.3, 0.4) is 0 Å². The second-order valence-electron chi connectivity index (χ2n) is 4.48. The Balaban J connectivity index is 1.68. The van der Waals surface area contributed by atoms with Gasteiger partial charge in [-0.15, -0.1) is 13.2 Å². The number of benzene rings is 2. The standard InChI is InChI=1S/C15H9F3O5/c16-15(17,18)23-10-3-1-9(2-4-10)14(19)22-11-5-6-12-13(7-11)21-8-20-12/h1-7H,8H2. The first-order valence-electron chi connectivity index (χ1n) is 6.38. The smallest absolute Gasteiger partial charge is 0.454 e. The van der Waals surface area contributed by atoms with E-state index in [-0.39, 0.29) is 18.1 Å². The van der Waals surface area contributed by atoms with Crippen molar-refractivity contribution in [1.29, 1.82) is 0 Å². The maximum Gasteiger partial charge on any atom is 0.573 e. The summed E-state index contributed by atoms with van der Waals surface area (Å²) in [6, 6.07) is 9.01. The van der Waals surface area contributed by atoms with E-state index in [0.717, 1.165) is 12.1 Å². The van der Waals surface area contributed by atoms with Gasteiger partial charge in [0.25, 0.3) is 0 Å². The van der Waals surface area contributed by atoms with Crippen molar-refractivity contribution in [3.63, 3.8) is 0 Å². The average Bonchev–Trinajstić information content (AvgIpc) is 2.94. The molecule has 3 rings (SSSR count). The van der Waals surface area contributed by atoms with Gasteiger partial charge in [0.2, 0.25) is 6.79 Å². The summed E-state index contributed by atoms with van der Waals surface area (Å²) in [6.45, 7) is 0.0907. The van der Waals surface area contributed by atoms with Gasteiger partial charge in [0, 0.05) is 6.07 Å². The molecule has 23 heavy (non-hydrogen) atoms. The second-order valence-corrected chi connectivity index (χ2v) is 4.48. The van der Waals surface area contributed by atoms with Gasteiger partial charge in [-0.05, 0) is 36.4 Å². The number of hydrogen-bond acceptors (Lipinski definition) is 5. The van der Waals surface area contributed by atoms with Crippen LogP contribution in [0.5, 0.6) is 23.0 Å². The van der Waals surface area contributed by atoms with Gasteiger partial charge >= 0.3 is 12.3 Å². The Labute approximate surface area is 128 Å². The molecule has 1 heterocycles. The van der Waals surface area contributed by atoms with E-state index in [4.69, 9.17) is 14.2 Å². The fourth-order valence-corrected chi connectivity index (χ4v) is 1.90. The van der Waals surface area contributed by atoms with Gasteiger partial charge < -0.3 is 18.9 Å². The zero-order chi connectivity index (χ0) is 16.4. The minimum atomic E-state index is -4.78. The van der Waals surface area contributed by atoms with Crippen molar-refractivity contribution in [2.75, 3.05) is 6.79 Å². The van der Waals surface area contributed by atoms with Crippen LogP contribution >= 0.6 is 0 Å². The molecule has 0 fully saturated rings. The monoisotopic (exact) mass is 326 g/mol. The number of rotatable bonds is 3. The largest absolute Gasteiger partial charge is 0.573 e. The van der Waals surface area contributed by atoms with E-state index >= 15 is 0 Å². The Kier molecular flexibility index (Phi) is 3.73. The van der Waals surface area contributed by atoms with Crippen LogP contribution in [0.4, 0.5) is 13.2 Å². The Hall–Kier alpha value is -2.90. The highest BCUT2D eigenvalue weighted by atomic mass is 19.4. The summed E-state index contributed by atoms with van der Waals surface area (Å²) >= 11 is 0. The van der Waals surface area contributed by atoms with Crippen molar-refractivity contribution in [2.45, 2.75) is 6.36 Å². The Bertz CT molecular complexity index is 725. The second kappa shape index (κ2) is 5.71. The third kappa shape index (κ3) is 3.65. The summed E-state index contributed by atoms with van der Waals surface area (Å²) in [6.07, 6.45) is -4.78. The molecule has 2 aromatic carbocycles. The van der Waals surface area contributed by atoms with Crippen LogP contribution in [0.15, 0.2) is 42.5 Å². The van der Waals surface area contributed by atoms with Crippen LogP contribution in [0.2, 0.25) is 0 Å². The average molecular weight is 326 g/mol. The molecule has 120 valence electrons. The van der Waals surface area contributed by atoms with Crippen LogP contribution in [0.1, 0.15) is 10.4 Å². The lowest BCUT2D eigenvalue weighted by atomic mass is 10.2. The quantitative estimate of drug-likeness (QED) is 0.638. The fraction of sp³-hybridized carbons (Fsp3) is 0.133. The number of ether oxygens (including phenoxy) is 4. The molecule has 1 aliphatic heterocycles. The van der Waals surface area contributed by atoms with Crippen LogP contribution in [-0.4, -0.2) is 19.1 Å². The molecule has 0 bridgehead atoms. The van der Waals surface area contributed by atoms with E-state index in [1.807, 2.05) is 0 Å². The minimum absolute atomic E-state index is 0.0807. The predicted octanol–water partition coefficient (Wildman–Crippen LogP) is 3.53. The molecule has 0 spiro atoms. The van der Waals surface area contributed by atoms with Gasteiger partial charge in [0.1, 0.15) is 11.5 Å². The van der Waals surface area contributed by atoms with Crippen LogP contribution in [0.25, 0.3) is 0 Å². The molecule has 0 aromatic heterocycles. The van der Waals surface area contributed by atoms with Crippen molar-refractivity contribution in [1.82, 2.24) is 0 Å². The van der Waals surface area contributed by atoms with Crippen molar-refractivity contribution >= 4 is 5.97 Å². The number of fused-ring (bicyclic) bond motifs is 1. The molecule has 0 saturated heterocycles. The highest BCUT2D eigenvalue weighted by Gasteiger charge is 2.31. The van der Waals surface area contributed by atoms with E-state index in [9.17, 15) is 18.0 Å². The van der Waals surface area contributed by atoms with E-state index in [1.165, 1.54) is 24.3 Å². The molecule has 5 nitrogen and oxygen atoms in total. The van der Waals surface area contributed by atoms with Crippen molar-refractivity contribution in [3.8, 4) is 23.0 Å². The van der Waals surface area contributed by atoms with Gasteiger partial charge in [-0.3, -0.25) is 0 Å². The normalized spacial score (nSPS) is 12.8. The molecule has 0 aliphatic carbocycles. The number of alkyl halides is 3. The first-order chi connectivity index (χ1) is 10.9. The predicted molar refractivity (Wildman–Crippen MR) is 70.6 cm³/mol. The minimum Gasteiger partial charge on any atom is -0.454 e. The van der Waals surface area contributed by atoms with Crippen molar-refractivity contribution < 1.29 is 36.9 Å². The number of carbonyl (C=O) groups is 1. The lowest BCUT2D eigenvalue weighted by Gasteiger charge is -2.09. The van der Waals surface area contributed by atoms with Crippen LogP contribution in [0, 0.1) is 0 Å².